The second kappa shape index (κ2) is 14.4. The number of carbonyl (C=O) groups is 1. The van der Waals surface area contributed by atoms with Crippen molar-refractivity contribution in [1.29, 1.82) is 0 Å². The van der Waals surface area contributed by atoms with Crippen molar-refractivity contribution in [2.75, 3.05) is 23.7 Å². The summed E-state index contributed by atoms with van der Waals surface area (Å²) >= 11 is 5.94. The average Bonchev–Trinajstić information content (AvgIpc) is 2.97. The van der Waals surface area contributed by atoms with Gasteiger partial charge in [0.1, 0.15) is 24.7 Å². The van der Waals surface area contributed by atoms with Crippen LogP contribution in [0.3, 0.4) is 0 Å². The van der Waals surface area contributed by atoms with Crippen LogP contribution in [0.4, 0.5) is 5.69 Å². The number of halogens is 1. The van der Waals surface area contributed by atoms with Crippen LogP contribution in [0.2, 0.25) is 5.02 Å². The lowest BCUT2D eigenvalue weighted by Crippen LogP contribution is -2.39. The monoisotopic (exact) mass is 607 g/mol. The summed E-state index contributed by atoms with van der Waals surface area (Å²) in [6, 6.07) is 28.2. The summed E-state index contributed by atoms with van der Waals surface area (Å²) in [6.45, 7) is 2.16. The summed E-state index contributed by atoms with van der Waals surface area (Å²) in [4.78, 5) is 12.6. The van der Waals surface area contributed by atoms with Crippen molar-refractivity contribution < 1.29 is 27.4 Å². The van der Waals surface area contributed by atoms with Crippen LogP contribution < -0.4 is 23.9 Å². The molecule has 4 aromatic carbocycles. The molecule has 4 aromatic rings. The highest BCUT2D eigenvalue weighted by Crippen LogP contribution is 2.29. The van der Waals surface area contributed by atoms with Crippen molar-refractivity contribution in [3.05, 3.63) is 113 Å². The van der Waals surface area contributed by atoms with Gasteiger partial charge in [0.15, 0.2) is 11.5 Å². The lowest BCUT2D eigenvalue weighted by Gasteiger charge is -2.21. The van der Waals surface area contributed by atoms with Gasteiger partial charge in [0.2, 0.25) is 10.0 Å². The van der Waals surface area contributed by atoms with E-state index in [1.54, 1.807) is 54.6 Å². The zero-order chi connectivity index (χ0) is 30.0. The van der Waals surface area contributed by atoms with E-state index in [1.807, 2.05) is 49.4 Å². The number of hydrazone groups is 1. The molecule has 0 aromatic heterocycles. The molecule has 0 aliphatic heterocycles. The highest BCUT2D eigenvalue weighted by atomic mass is 35.5. The number of benzene rings is 4. The first-order chi connectivity index (χ1) is 20.2. The van der Waals surface area contributed by atoms with E-state index in [1.165, 1.54) is 6.21 Å². The quantitative estimate of drug-likeness (QED) is 0.147. The second-order valence-electron chi connectivity index (χ2n) is 9.03. The second-order valence-corrected chi connectivity index (χ2v) is 11.4. The fourth-order valence-corrected chi connectivity index (χ4v) is 4.77. The molecule has 0 aliphatic carbocycles. The third-order valence-electron chi connectivity index (χ3n) is 5.77. The van der Waals surface area contributed by atoms with Gasteiger partial charge in [0, 0.05) is 5.02 Å². The largest absolute Gasteiger partial charge is 0.490 e. The molecule has 0 unspecified atom stereocenters. The Morgan fingerprint density at radius 1 is 0.905 bits per heavy atom. The predicted molar refractivity (Wildman–Crippen MR) is 164 cm³/mol. The summed E-state index contributed by atoms with van der Waals surface area (Å²) in [6.07, 6.45) is 2.47. The maximum absolute atomic E-state index is 12.6. The van der Waals surface area contributed by atoms with Gasteiger partial charge in [-0.2, -0.15) is 5.10 Å². The Morgan fingerprint density at radius 3 is 2.26 bits per heavy atom. The van der Waals surface area contributed by atoms with E-state index in [2.05, 4.69) is 10.5 Å². The molecule has 11 heteroatoms. The Hall–Kier alpha value is -4.54. The van der Waals surface area contributed by atoms with Crippen LogP contribution in [-0.4, -0.2) is 39.9 Å². The number of anilines is 1. The Morgan fingerprint density at radius 2 is 1.60 bits per heavy atom. The SMILES string of the molecule is CCOc1cc(/C=N\NC(=O)CN(c2ccc(Oc3ccccc3)cc2)S(C)(=O)=O)ccc1OCc1ccc(Cl)cc1. The van der Waals surface area contributed by atoms with E-state index in [-0.39, 0.29) is 0 Å². The Bertz CT molecular complexity index is 1610. The summed E-state index contributed by atoms with van der Waals surface area (Å²) < 4.78 is 43.3. The van der Waals surface area contributed by atoms with Gasteiger partial charge < -0.3 is 14.2 Å². The number of carbonyl (C=O) groups excluding carboxylic acids is 1. The maximum atomic E-state index is 12.6. The van der Waals surface area contributed by atoms with E-state index < -0.39 is 22.5 Å². The molecular weight excluding hydrogens is 578 g/mol. The third-order valence-corrected chi connectivity index (χ3v) is 7.16. The molecule has 0 heterocycles. The lowest BCUT2D eigenvalue weighted by molar-refractivity contribution is -0.119. The minimum absolute atomic E-state index is 0.313. The Balaban J connectivity index is 1.37. The molecule has 42 heavy (non-hydrogen) atoms. The number of rotatable bonds is 13. The summed E-state index contributed by atoms with van der Waals surface area (Å²) in [7, 11) is -3.76. The van der Waals surface area contributed by atoms with Crippen molar-refractivity contribution in [3.63, 3.8) is 0 Å². The molecule has 0 atom stereocenters. The molecule has 0 saturated heterocycles. The normalized spacial score (nSPS) is 11.2. The van der Waals surface area contributed by atoms with Gasteiger partial charge in [-0.1, -0.05) is 41.9 Å². The molecule has 4 rings (SSSR count). The van der Waals surface area contributed by atoms with Crippen molar-refractivity contribution >= 4 is 39.4 Å². The fourth-order valence-electron chi connectivity index (χ4n) is 3.78. The summed E-state index contributed by atoms with van der Waals surface area (Å²) in [5.41, 5.74) is 4.29. The van der Waals surface area contributed by atoms with Crippen LogP contribution in [0.15, 0.2) is 102 Å². The van der Waals surface area contributed by atoms with E-state index >= 15 is 0 Å². The average molecular weight is 608 g/mol. The highest BCUT2D eigenvalue weighted by Gasteiger charge is 2.21. The molecule has 0 spiro atoms. The molecular formula is C31H30ClN3O6S. The van der Waals surface area contributed by atoms with Gasteiger partial charge in [0.05, 0.1) is 24.8 Å². The van der Waals surface area contributed by atoms with Gasteiger partial charge in [-0.15, -0.1) is 0 Å². The molecule has 1 N–H and O–H groups in total. The Labute approximate surface area is 250 Å². The lowest BCUT2D eigenvalue weighted by atomic mass is 10.2. The van der Waals surface area contributed by atoms with Crippen LogP contribution in [0.5, 0.6) is 23.0 Å². The molecule has 9 nitrogen and oxygen atoms in total. The molecule has 0 aliphatic rings. The molecule has 0 bridgehead atoms. The van der Waals surface area contributed by atoms with E-state index in [0.29, 0.717) is 52.5 Å². The van der Waals surface area contributed by atoms with E-state index in [9.17, 15) is 13.2 Å². The Kier molecular flexibility index (Phi) is 10.4. The summed E-state index contributed by atoms with van der Waals surface area (Å²) in [5.74, 6) is 1.63. The number of ether oxygens (including phenoxy) is 3. The van der Waals surface area contributed by atoms with Crippen LogP contribution in [0.25, 0.3) is 0 Å². The number of hydrogen-bond acceptors (Lipinski definition) is 7. The van der Waals surface area contributed by atoms with Crippen molar-refractivity contribution in [1.82, 2.24) is 5.43 Å². The maximum Gasteiger partial charge on any atom is 0.260 e. The van der Waals surface area contributed by atoms with Crippen molar-refractivity contribution in [3.8, 4) is 23.0 Å². The number of para-hydroxylation sites is 1. The van der Waals surface area contributed by atoms with Crippen LogP contribution in [0, 0.1) is 0 Å². The number of sulfonamides is 1. The first-order valence-corrected chi connectivity index (χ1v) is 15.2. The molecule has 1 amide bonds. The van der Waals surface area contributed by atoms with Crippen molar-refractivity contribution in [2.45, 2.75) is 13.5 Å². The smallest absolute Gasteiger partial charge is 0.260 e. The van der Waals surface area contributed by atoms with Gasteiger partial charge in [0.25, 0.3) is 5.91 Å². The van der Waals surface area contributed by atoms with E-state index in [4.69, 9.17) is 25.8 Å². The van der Waals surface area contributed by atoms with Crippen LogP contribution >= 0.6 is 11.6 Å². The molecule has 0 radical (unpaired) electrons. The molecule has 0 saturated carbocycles. The highest BCUT2D eigenvalue weighted by molar-refractivity contribution is 7.92. The number of nitrogens with zero attached hydrogens (tertiary/aromatic N) is 2. The third kappa shape index (κ3) is 8.98. The number of nitrogens with one attached hydrogen (secondary N) is 1. The number of hydrogen-bond donors (Lipinski definition) is 1. The first kappa shape index (κ1) is 30.4. The molecule has 218 valence electrons. The van der Waals surface area contributed by atoms with Gasteiger partial charge in [-0.3, -0.25) is 9.10 Å². The topological polar surface area (TPSA) is 107 Å². The minimum atomic E-state index is -3.76. The van der Waals surface area contributed by atoms with Crippen molar-refractivity contribution in [2.24, 2.45) is 5.10 Å². The summed E-state index contributed by atoms with van der Waals surface area (Å²) in [5, 5.41) is 4.64. The molecule has 0 fully saturated rings. The van der Waals surface area contributed by atoms with Crippen LogP contribution in [0.1, 0.15) is 18.1 Å². The fraction of sp³-hybridized carbons (Fsp3) is 0.161. The van der Waals surface area contributed by atoms with Gasteiger partial charge in [-0.05, 0) is 84.8 Å². The minimum Gasteiger partial charge on any atom is -0.490 e. The van der Waals surface area contributed by atoms with Gasteiger partial charge in [-0.25, -0.2) is 13.8 Å². The van der Waals surface area contributed by atoms with E-state index in [0.717, 1.165) is 16.1 Å². The predicted octanol–water partition coefficient (Wildman–Crippen LogP) is 6.03. The standard InChI is InChI=1S/C31H30ClN3O6S/c1-3-39-30-19-24(11-18-29(30)40-22-23-9-12-25(32)13-10-23)20-33-34-31(36)21-35(42(2,37)38)26-14-16-28(17-15-26)41-27-7-5-4-6-8-27/h4-20H,3,21-22H2,1-2H3,(H,34,36)/b33-20-. The number of amides is 1. The zero-order valence-corrected chi connectivity index (χ0v) is 24.6. The van der Waals surface area contributed by atoms with Gasteiger partial charge >= 0.3 is 0 Å². The zero-order valence-electron chi connectivity index (χ0n) is 23.1. The van der Waals surface area contributed by atoms with Crippen LogP contribution in [-0.2, 0) is 21.4 Å². The first-order valence-electron chi connectivity index (χ1n) is 13.0.